The third-order valence-corrected chi connectivity index (χ3v) is 7.20. The standard InChI is InChI=1S/C29H27IN2O2/c1-29(2)17-23-27(25(33)18-29)28(20-11-8-12-21(30)16-20)32(24-14-7-6-13-22(24)31-23)26(34)15-19-9-4-3-5-10-19/h3-14,16,28,31H,15,17-18H2,1-2H3. The number of nitrogens with one attached hydrogen (secondary N) is 1. The van der Waals surface area contributed by atoms with Gasteiger partial charge in [-0.2, -0.15) is 0 Å². The van der Waals surface area contributed by atoms with Crippen LogP contribution in [0.2, 0.25) is 0 Å². The molecule has 0 bridgehead atoms. The lowest BCUT2D eigenvalue weighted by Gasteiger charge is -2.37. The molecule has 1 aliphatic carbocycles. The molecular weight excluding hydrogens is 535 g/mol. The molecule has 0 saturated carbocycles. The number of halogens is 1. The lowest BCUT2D eigenvalue weighted by atomic mass is 9.73. The fourth-order valence-corrected chi connectivity index (χ4v) is 5.68. The highest BCUT2D eigenvalue weighted by Crippen LogP contribution is 2.48. The van der Waals surface area contributed by atoms with Crippen LogP contribution in [0.4, 0.5) is 11.4 Å². The molecule has 5 heteroatoms. The number of para-hydroxylation sites is 2. The smallest absolute Gasteiger partial charge is 0.232 e. The monoisotopic (exact) mass is 562 g/mol. The summed E-state index contributed by atoms with van der Waals surface area (Å²) in [5, 5.41) is 3.57. The fraction of sp³-hybridized carbons (Fsp3) is 0.241. The Bertz CT molecular complexity index is 1300. The van der Waals surface area contributed by atoms with Crippen molar-refractivity contribution >= 4 is 45.7 Å². The number of hydrogen-bond donors (Lipinski definition) is 1. The minimum Gasteiger partial charge on any atom is -0.357 e. The van der Waals surface area contributed by atoms with Gasteiger partial charge in [-0.3, -0.25) is 14.5 Å². The van der Waals surface area contributed by atoms with Crippen LogP contribution in [-0.2, 0) is 16.0 Å². The number of allylic oxidation sites excluding steroid dienone is 1. The Morgan fingerprint density at radius 2 is 1.74 bits per heavy atom. The number of rotatable bonds is 3. The maximum Gasteiger partial charge on any atom is 0.232 e. The molecule has 0 spiro atoms. The van der Waals surface area contributed by atoms with E-state index in [2.05, 4.69) is 47.8 Å². The number of benzene rings is 3. The van der Waals surface area contributed by atoms with Crippen molar-refractivity contribution in [3.63, 3.8) is 0 Å². The summed E-state index contributed by atoms with van der Waals surface area (Å²) in [4.78, 5) is 29.6. The van der Waals surface area contributed by atoms with Gasteiger partial charge in [0.15, 0.2) is 5.78 Å². The largest absolute Gasteiger partial charge is 0.357 e. The van der Waals surface area contributed by atoms with Crippen molar-refractivity contribution in [1.29, 1.82) is 0 Å². The van der Waals surface area contributed by atoms with Crippen molar-refractivity contribution in [3.8, 4) is 0 Å². The number of nitrogens with zero attached hydrogens (tertiary/aromatic N) is 1. The maximum absolute atomic E-state index is 14.0. The highest BCUT2D eigenvalue weighted by molar-refractivity contribution is 14.1. The summed E-state index contributed by atoms with van der Waals surface area (Å²) in [6, 6.07) is 25.3. The van der Waals surface area contributed by atoms with Crippen LogP contribution >= 0.6 is 22.6 Å². The quantitative estimate of drug-likeness (QED) is 0.363. The second-order valence-corrected chi connectivity index (χ2v) is 11.1. The Kier molecular flexibility index (Phi) is 6.06. The first-order chi connectivity index (χ1) is 16.3. The van der Waals surface area contributed by atoms with Crippen molar-refractivity contribution in [3.05, 3.63) is 105 Å². The summed E-state index contributed by atoms with van der Waals surface area (Å²) in [5.41, 5.74) is 5.05. The Hall–Kier alpha value is -2.93. The first-order valence-electron chi connectivity index (χ1n) is 11.6. The molecule has 1 heterocycles. The van der Waals surface area contributed by atoms with Gasteiger partial charge in [0.25, 0.3) is 0 Å². The zero-order valence-corrected chi connectivity index (χ0v) is 21.5. The molecular formula is C29H27IN2O2. The van der Waals surface area contributed by atoms with E-state index in [0.29, 0.717) is 12.0 Å². The lowest BCUT2D eigenvalue weighted by Crippen LogP contribution is -2.40. The Labute approximate surface area is 214 Å². The Balaban J connectivity index is 1.73. The summed E-state index contributed by atoms with van der Waals surface area (Å²) in [6.45, 7) is 4.26. The molecule has 1 unspecified atom stereocenters. The zero-order valence-electron chi connectivity index (χ0n) is 19.3. The summed E-state index contributed by atoms with van der Waals surface area (Å²) >= 11 is 2.29. The van der Waals surface area contributed by atoms with Crippen molar-refractivity contribution in [2.24, 2.45) is 5.41 Å². The van der Waals surface area contributed by atoms with Crippen LogP contribution in [0.15, 0.2) is 90.1 Å². The number of carbonyl (C=O) groups is 2. The minimum atomic E-state index is -0.485. The number of fused-ring (bicyclic) bond motifs is 1. The predicted octanol–water partition coefficient (Wildman–Crippen LogP) is 6.68. The molecule has 1 N–H and O–H groups in total. The van der Waals surface area contributed by atoms with E-state index in [0.717, 1.165) is 38.2 Å². The van der Waals surface area contributed by atoms with Crippen LogP contribution in [-0.4, -0.2) is 11.7 Å². The molecule has 1 atom stereocenters. The normalized spacial score (nSPS) is 19.1. The van der Waals surface area contributed by atoms with E-state index in [4.69, 9.17) is 0 Å². The van der Waals surface area contributed by atoms with Crippen LogP contribution in [0.5, 0.6) is 0 Å². The van der Waals surface area contributed by atoms with Gasteiger partial charge < -0.3 is 5.32 Å². The minimum absolute atomic E-state index is 0.0318. The molecule has 0 fully saturated rings. The van der Waals surface area contributed by atoms with Gasteiger partial charge in [-0.05, 0) is 69.8 Å². The summed E-state index contributed by atoms with van der Waals surface area (Å²) < 4.78 is 1.07. The fourth-order valence-electron chi connectivity index (χ4n) is 5.11. The molecule has 0 radical (unpaired) electrons. The van der Waals surface area contributed by atoms with Crippen LogP contribution in [0.25, 0.3) is 0 Å². The molecule has 0 aromatic heterocycles. The summed E-state index contributed by atoms with van der Waals surface area (Å²) in [6.07, 6.45) is 1.48. The highest BCUT2D eigenvalue weighted by Gasteiger charge is 2.43. The molecule has 4 nitrogen and oxygen atoms in total. The third-order valence-electron chi connectivity index (χ3n) is 6.53. The van der Waals surface area contributed by atoms with Gasteiger partial charge in [-0.15, -0.1) is 0 Å². The van der Waals surface area contributed by atoms with E-state index in [1.807, 2.05) is 77.7 Å². The van der Waals surface area contributed by atoms with E-state index in [-0.39, 0.29) is 23.5 Å². The zero-order chi connectivity index (χ0) is 23.9. The summed E-state index contributed by atoms with van der Waals surface area (Å²) in [7, 11) is 0. The number of anilines is 2. The van der Waals surface area contributed by atoms with E-state index in [9.17, 15) is 9.59 Å². The van der Waals surface area contributed by atoms with Crippen molar-refractivity contribution < 1.29 is 9.59 Å². The van der Waals surface area contributed by atoms with E-state index in [1.54, 1.807) is 0 Å². The SMILES string of the molecule is CC1(C)CC(=O)C2=C(C1)Nc1ccccc1N(C(=O)Cc1ccccc1)C2c1cccc(I)c1. The summed E-state index contributed by atoms with van der Waals surface area (Å²) in [5.74, 6) is 0.0728. The number of ketones is 1. The van der Waals surface area contributed by atoms with Crippen molar-refractivity contribution in [1.82, 2.24) is 0 Å². The van der Waals surface area contributed by atoms with Gasteiger partial charge in [0, 0.05) is 21.3 Å². The average Bonchev–Trinajstić information content (AvgIpc) is 2.93. The van der Waals surface area contributed by atoms with Gasteiger partial charge in [0.2, 0.25) is 5.91 Å². The van der Waals surface area contributed by atoms with E-state index >= 15 is 0 Å². The van der Waals surface area contributed by atoms with Crippen LogP contribution in [0, 0.1) is 8.99 Å². The second-order valence-electron chi connectivity index (χ2n) is 9.86. The first-order valence-corrected chi connectivity index (χ1v) is 12.6. The van der Waals surface area contributed by atoms with E-state index < -0.39 is 6.04 Å². The number of amides is 1. The molecule has 5 rings (SSSR count). The van der Waals surface area contributed by atoms with Gasteiger partial charge in [0.1, 0.15) is 0 Å². The van der Waals surface area contributed by atoms with Gasteiger partial charge in [0.05, 0.1) is 23.8 Å². The second kappa shape index (κ2) is 9.02. The molecule has 0 saturated heterocycles. The Morgan fingerprint density at radius 1 is 1.00 bits per heavy atom. The van der Waals surface area contributed by atoms with Crippen LogP contribution in [0.3, 0.4) is 0 Å². The van der Waals surface area contributed by atoms with Crippen molar-refractivity contribution in [2.75, 3.05) is 10.2 Å². The first kappa shape index (κ1) is 22.8. The third kappa shape index (κ3) is 4.41. The predicted molar refractivity (Wildman–Crippen MR) is 145 cm³/mol. The lowest BCUT2D eigenvalue weighted by molar-refractivity contribution is -0.119. The molecule has 172 valence electrons. The number of Topliss-reactive ketones (excluding diaryl/α,β-unsaturated/α-hetero) is 1. The van der Waals surface area contributed by atoms with E-state index in [1.165, 1.54) is 0 Å². The van der Waals surface area contributed by atoms with Crippen LogP contribution < -0.4 is 10.2 Å². The topological polar surface area (TPSA) is 49.4 Å². The van der Waals surface area contributed by atoms with Gasteiger partial charge in [-0.25, -0.2) is 0 Å². The molecule has 34 heavy (non-hydrogen) atoms. The maximum atomic E-state index is 14.0. The Morgan fingerprint density at radius 3 is 2.50 bits per heavy atom. The molecule has 1 aliphatic heterocycles. The average molecular weight is 562 g/mol. The van der Waals surface area contributed by atoms with Gasteiger partial charge >= 0.3 is 0 Å². The molecule has 3 aromatic rings. The molecule has 1 amide bonds. The number of carbonyl (C=O) groups excluding carboxylic acids is 2. The van der Waals surface area contributed by atoms with Gasteiger partial charge in [-0.1, -0.05) is 68.4 Å². The van der Waals surface area contributed by atoms with Crippen LogP contribution in [0.1, 0.15) is 43.9 Å². The molecule has 2 aliphatic rings. The van der Waals surface area contributed by atoms with Crippen molar-refractivity contribution in [2.45, 2.75) is 39.2 Å². The molecule has 3 aromatic carbocycles. The highest BCUT2D eigenvalue weighted by atomic mass is 127. The number of hydrogen-bond acceptors (Lipinski definition) is 3.